The van der Waals surface area contributed by atoms with E-state index in [0.29, 0.717) is 17.1 Å². The van der Waals surface area contributed by atoms with Crippen LogP contribution < -0.4 is 0 Å². The molecule has 0 aliphatic heterocycles. The summed E-state index contributed by atoms with van der Waals surface area (Å²) in [4.78, 5) is 12.9. The standard InChI is InChI=1S/C13H18OS/c1-13(2)6-5-11(14)8-10(13)9-12-4-3-7-15-12/h3-4,7,10H,5-6,8-9H2,1-2H3. The first-order valence-corrected chi connectivity index (χ1v) is 6.50. The van der Waals surface area contributed by atoms with Gasteiger partial charge in [0.2, 0.25) is 0 Å². The molecule has 0 spiro atoms. The molecule has 1 atom stereocenters. The van der Waals surface area contributed by atoms with E-state index in [1.807, 2.05) is 11.3 Å². The zero-order chi connectivity index (χ0) is 10.9. The van der Waals surface area contributed by atoms with Crippen molar-refractivity contribution in [2.24, 2.45) is 11.3 Å². The Morgan fingerprint density at radius 1 is 1.53 bits per heavy atom. The Hall–Kier alpha value is -0.630. The summed E-state index contributed by atoms with van der Waals surface area (Å²) in [6.07, 6.45) is 3.71. The van der Waals surface area contributed by atoms with Crippen LogP contribution in [0.2, 0.25) is 0 Å². The maximum atomic E-state index is 11.5. The van der Waals surface area contributed by atoms with Gasteiger partial charge in [-0.1, -0.05) is 19.9 Å². The monoisotopic (exact) mass is 222 g/mol. The van der Waals surface area contributed by atoms with Gasteiger partial charge in [-0.15, -0.1) is 11.3 Å². The van der Waals surface area contributed by atoms with E-state index < -0.39 is 0 Å². The molecule has 82 valence electrons. The van der Waals surface area contributed by atoms with E-state index in [9.17, 15) is 4.79 Å². The number of rotatable bonds is 2. The van der Waals surface area contributed by atoms with Gasteiger partial charge in [-0.2, -0.15) is 0 Å². The molecule has 1 saturated carbocycles. The topological polar surface area (TPSA) is 17.1 Å². The predicted octanol–water partition coefficient (Wildman–Crippen LogP) is 3.69. The van der Waals surface area contributed by atoms with Crippen molar-refractivity contribution in [2.75, 3.05) is 0 Å². The minimum absolute atomic E-state index is 0.331. The lowest BCUT2D eigenvalue weighted by atomic mass is 9.67. The van der Waals surface area contributed by atoms with Gasteiger partial charge >= 0.3 is 0 Å². The summed E-state index contributed by atoms with van der Waals surface area (Å²) in [5.41, 5.74) is 0.331. The lowest BCUT2D eigenvalue weighted by Crippen LogP contribution is -2.33. The minimum Gasteiger partial charge on any atom is -0.300 e. The molecule has 0 radical (unpaired) electrons. The summed E-state index contributed by atoms with van der Waals surface area (Å²) in [6.45, 7) is 4.61. The van der Waals surface area contributed by atoms with Gasteiger partial charge in [-0.25, -0.2) is 0 Å². The van der Waals surface area contributed by atoms with Crippen molar-refractivity contribution < 1.29 is 4.79 Å². The maximum absolute atomic E-state index is 11.5. The lowest BCUT2D eigenvalue weighted by molar-refractivity contribution is -0.124. The molecule has 0 saturated heterocycles. The molecular weight excluding hydrogens is 204 g/mol. The van der Waals surface area contributed by atoms with Crippen molar-refractivity contribution in [3.8, 4) is 0 Å². The highest BCUT2D eigenvalue weighted by Gasteiger charge is 2.35. The van der Waals surface area contributed by atoms with E-state index in [2.05, 4.69) is 31.4 Å². The van der Waals surface area contributed by atoms with Crippen molar-refractivity contribution in [3.63, 3.8) is 0 Å². The average molecular weight is 222 g/mol. The first-order chi connectivity index (χ1) is 7.08. The largest absolute Gasteiger partial charge is 0.300 e. The highest BCUT2D eigenvalue weighted by Crippen LogP contribution is 2.41. The van der Waals surface area contributed by atoms with E-state index in [1.165, 1.54) is 4.88 Å². The summed E-state index contributed by atoms with van der Waals surface area (Å²) >= 11 is 1.81. The van der Waals surface area contributed by atoms with Crippen LogP contribution in [0.5, 0.6) is 0 Å². The number of ketones is 1. The number of hydrogen-bond donors (Lipinski definition) is 0. The van der Waals surface area contributed by atoms with Crippen LogP contribution in [-0.2, 0) is 11.2 Å². The van der Waals surface area contributed by atoms with E-state index in [-0.39, 0.29) is 0 Å². The molecule has 2 rings (SSSR count). The van der Waals surface area contributed by atoms with Crippen molar-refractivity contribution >= 4 is 17.1 Å². The second kappa shape index (κ2) is 4.09. The average Bonchev–Trinajstić information content (AvgIpc) is 2.65. The van der Waals surface area contributed by atoms with Gasteiger partial charge in [-0.3, -0.25) is 4.79 Å². The summed E-state index contributed by atoms with van der Waals surface area (Å²) in [7, 11) is 0. The highest BCUT2D eigenvalue weighted by molar-refractivity contribution is 7.09. The maximum Gasteiger partial charge on any atom is 0.133 e. The lowest BCUT2D eigenvalue weighted by Gasteiger charge is -2.37. The summed E-state index contributed by atoms with van der Waals surface area (Å²) in [5.74, 6) is 0.994. The van der Waals surface area contributed by atoms with E-state index in [0.717, 1.165) is 25.7 Å². The molecule has 15 heavy (non-hydrogen) atoms. The van der Waals surface area contributed by atoms with Gasteiger partial charge in [-0.05, 0) is 35.6 Å². The number of Topliss-reactive ketones (excluding diaryl/α,β-unsaturated/α-hetero) is 1. The fraction of sp³-hybridized carbons (Fsp3) is 0.615. The van der Waals surface area contributed by atoms with Gasteiger partial charge in [0.05, 0.1) is 0 Å². The Balaban J connectivity index is 2.08. The molecule has 1 nitrogen and oxygen atoms in total. The summed E-state index contributed by atoms with van der Waals surface area (Å²) in [6, 6.07) is 4.28. The molecule has 1 heterocycles. The Kier molecular flexibility index (Phi) is 2.96. The molecular formula is C13H18OS. The third-order valence-corrected chi connectivity index (χ3v) is 4.55. The Labute approximate surface area is 95.5 Å². The highest BCUT2D eigenvalue weighted by atomic mass is 32.1. The van der Waals surface area contributed by atoms with Crippen LogP contribution in [0.1, 0.15) is 38.0 Å². The van der Waals surface area contributed by atoms with Crippen LogP contribution in [0.15, 0.2) is 17.5 Å². The van der Waals surface area contributed by atoms with E-state index >= 15 is 0 Å². The zero-order valence-electron chi connectivity index (χ0n) is 9.45. The number of hydrogen-bond acceptors (Lipinski definition) is 2. The first-order valence-electron chi connectivity index (χ1n) is 5.62. The molecule has 1 aliphatic rings. The predicted molar refractivity (Wildman–Crippen MR) is 64.2 cm³/mol. The molecule has 1 unspecified atom stereocenters. The van der Waals surface area contributed by atoms with Gasteiger partial charge in [0.25, 0.3) is 0 Å². The number of thiophene rings is 1. The van der Waals surface area contributed by atoms with Crippen molar-refractivity contribution in [1.29, 1.82) is 0 Å². The molecule has 1 aromatic heterocycles. The quantitative estimate of drug-likeness (QED) is 0.746. The molecule has 1 aliphatic carbocycles. The molecule has 1 aromatic rings. The SMILES string of the molecule is CC1(C)CCC(=O)CC1Cc1cccs1. The molecule has 0 bridgehead atoms. The van der Waals surface area contributed by atoms with Gasteiger partial charge in [0.15, 0.2) is 0 Å². The van der Waals surface area contributed by atoms with Gasteiger partial charge in [0, 0.05) is 17.7 Å². The van der Waals surface area contributed by atoms with Crippen LogP contribution in [0, 0.1) is 11.3 Å². The summed E-state index contributed by atoms with van der Waals surface area (Å²) < 4.78 is 0. The smallest absolute Gasteiger partial charge is 0.133 e. The van der Waals surface area contributed by atoms with Crippen molar-refractivity contribution in [3.05, 3.63) is 22.4 Å². The normalized spacial score (nSPS) is 25.5. The number of carbonyl (C=O) groups is 1. The fourth-order valence-electron chi connectivity index (χ4n) is 2.34. The Morgan fingerprint density at radius 2 is 2.33 bits per heavy atom. The molecule has 0 N–H and O–H groups in total. The number of carbonyl (C=O) groups excluding carboxylic acids is 1. The molecule has 0 amide bonds. The minimum atomic E-state index is 0.331. The second-order valence-electron chi connectivity index (χ2n) is 5.21. The van der Waals surface area contributed by atoms with E-state index in [4.69, 9.17) is 0 Å². The van der Waals surface area contributed by atoms with Crippen LogP contribution >= 0.6 is 11.3 Å². The van der Waals surface area contributed by atoms with Crippen LogP contribution in [0.3, 0.4) is 0 Å². The molecule has 2 heteroatoms. The third-order valence-electron chi connectivity index (χ3n) is 3.66. The van der Waals surface area contributed by atoms with Gasteiger partial charge in [0.1, 0.15) is 5.78 Å². The van der Waals surface area contributed by atoms with E-state index in [1.54, 1.807) is 0 Å². The van der Waals surface area contributed by atoms with Crippen molar-refractivity contribution in [1.82, 2.24) is 0 Å². The zero-order valence-corrected chi connectivity index (χ0v) is 10.3. The second-order valence-corrected chi connectivity index (χ2v) is 6.24. The Bertz CT molecular complexity index is 337. The van der Waals surface area contributed by atoms with Crippen LogP contribution in [0.4, 0.5) is 0 Å². The fourth-order valence-corrected chi connectivity index (χ4v) is 3.13. The summed E-state index contributed by atoms with van der Waals surface area (Å²) in [5, 5.41) is 2.12. The van der Waals surface area contributed by atoms with Gasteiger partial charge < -0.3 is 0 Å². The first kappa shape index (κ1) is 10.9. The van der Waals surface area contributed by atoms with Crippen molar-refractivity contribution in [2.45, 2.75) is 39.5 Å². The molecule has 0 aromatic carbocycles. The van der Waals surface area contributed by atoms with Crippen LogP contribution in [-0.4, -0.2) is 5.78 Å². The molecule has 1 fully saturated rings. The Morgan fingerprint density at radius 3 is 3.00 bits per heavy atom. The third kappa shape index (κ3) is 2.49. The van der Waals surface area contributed by atoms with Crippen LogP contribution in [0.25, 0.3) is 0 Å².